The summed E-state index contributed by atoms with van der Waals surface area (Å²) in [5.41, 5.74) is 0. The molecule has 0 aromatic heterocycles. The zero-order valence-electron chi connectivity index (χ0n) is 9.41. The first-order chi connectivity index (χ1) is 8.57. The van der Waals surface area contributed by atoms with Crippen LogP contribution in [0.25, 0.3) is 0 Å². The summed E-state index contributed by atoms with van der Waals surface area (Å²) in [6.45, 7) is 0.337. The molecule has 1 saturated heterocycles. The Labute approximate surface area is 110 Å². The predicted octanol–water partition coefficient (Wildman–Crippen LogP) is 1.79. The zero-order valence-corrected chi connectivity index (χ0v) is 11.0. The average Bonchev–Trinajstić information content (AvgIpc) is 2.79. The van der Waals surface area contributed by atoms with Crippen molar-refractivity contribution in [3.63, 3.8) is 0 Å². The molecular formula is C11H11ClN2O3S. The van der Waals surface area contributed by atoms with Crippen molar-refractivity contribution < 1.29 is 13.2 Å². The molecule has 0 saturated carbocycles. The Hall–Kier alpha value is -1.20. The number of rotatable bonds is 3. The van der Waals surface area contributed by atoms with E-state index in [0.29, 0.717) is 19.4 Å². The first-order valence-corrected chi connectivity index (χ1v) is 7.22. The van der Waals surface area contributed by atoms with E-state index in [1.54, 1.807) is 12.1 Å². The van der Waals surface area contributed by atoms with Gasteiger partial charge in [0.05, 0.1) is 5.02 Å². The van der Waals surface area contributed by atoms with Gasteiger partial charge in [-0.2, -0.15) is 9.30 Å². The number of carbonyl (C=O) groups excluding carboxylic acids is 1. The Kier molecular flexibility index (Phi) is 3.82. The molecule has 1 unspecified atom stereocenters. The molecule has 0 N–H and O–H groups in total. The summed E-state index contributed by atoms with van der Waals surface area (Å²) in [6, 6.07) is 6.22. The Bertz CT molecular complexity index is 596. The van der Waals surface area contributed by atoms with Crippen LogP contribution in [0.15, 0.2) is 34.2 Å². The minimum absolute atomic E-state index is 0.0414. The lowest BCUT2D eigenvalue weighted by Crippen LogP contribution is -2.34. The molecule has 1 aromatic carbocycles. The smallest absolute Gasteiger partial charge is 0.211 e. The van der Waals surface area contributed by atoms with Crippen LogP contribution >= 0.6 is 11.6 Å². The van der Waals surface area contributed by atoms with Crippen LogP contribution in [0, 0.1) is 0 Å². The Balaban J connectivity index is 2.43. The summed E-state index contributed by atoms with van der Waals surface area (Å²) in [4.78, 5) is 13.9. The van der Waals surface area contributed by atoms with Gasteiger partial charge in [0.1, 0.15) is 11.1 Å². The fourth-order valence-electron chi connectivity index (χ4n) is 1.97. The number of isocyanates is 1. The third-order valence-corrected chi connectivity index (χ3v) is 5.20. The van der Waals surface area contributed by atoms with Crippen molar-refractivity contribution in [3.8, 4) is 0 Å². The number of nitrogens with zero attached hydrogens (tertiary/aromatic N) is 2. The molecule has 0 spiro atoms. The highest BCUT2D eigenvalue weighted by atomic mass is 35.5. The molecule has 18 heavy (non-hydrogen) atoms. The Morgan fingerprint density at radius 3 is 2.78 bits per heavy atom. The van der Waals surface area contributed by atoms with Crippen molar-refractivity contribution in [1.29, 1.82) is 0 Å². The molecule has 0 bridgehead atoms. The fourth-order valence-corrected chi connectivity index (χ4v) is 4.06. The van der Waals surface area contributed by atoms with Crippen LogP contribution in [0.5, 0.6) is 0 Å². The van der Waals surface area contributed by atoms with E-state index >= 15 is 0 Å². The molecule has 1 heterocycles. The van der Waals surface area contributed by atoms with E-state index in [-0.39, 0.29) is 9.92 Å². The van der Waals surface area contributed by atoms with Crippen molar-refractivity contribution in [1.82, 2.24) is 4.31 Å². The number of hydrogen-bond acceptors (Lipinski definition) is 4. The monoisotopic (exact) mass is 286 g/mol. The van der Waals surface area contributed by atoms with Gasteiger partial charge in [0.15, 0.2) is 0 Å². The molecule has 0 aliphatic carbocycles. The van der Waals surface area contributed by atoms with Gasteiger partial charge in [0.25, 0.3) is 0 Å². The van der Waals surface area contributed by atoms with Gasteiger partial charge in [0, 0.05) is 6.54 Å². The molecule has 1 aromatic rings. The van der Waals surface area contributed by atoms with E-state index in [4.69, 9.17) is 11.6 Å². The quantitative estimate of drug-likeness (QED) is 0.628. The molecular weight excluding hydrogens is 276 g/mol. The summed E-state index contributed by atoms with van der Waals surface area (Å²) < 4.78 is 26.0. The Morgan fingerprint density at radius 1 is 1.39 bits per heavy atom. The van der Waals surface area contributed by atoms with Crippen molar-refractivity contribution in [2.45, 2.75) is 23.9 Å². The van der Waals surface area contributed by atoms with Gasteiger partial charge >= 0.3 is 0 Å². The number of halogens is 1. The van der Waals surface area contributed by atoms with Crippen LogP contribution in [-0.2, 0) is 14.8 Å². The standard InChI is InChI=1S/C11H11ClN2O3S/c12-9-4-1-2-5-10(9)18(16,17)14-7-3-6-11(14)13-8-15/h1-2,4-5,11H,3,6-7H2. The molecule has 1 fully saturated rings. The second-order valence-corrected chi connectivity index (χ2v) is 6.16. The van der Waals surface area contributed by atoms with Crippen molar-refractivity contribution in [2.24, 2.45) is 4.99 Å². The molecule has 0 amide bonds. The van der Waals surface area contributed by atoms with E-state index in [9.17, 15) is 13.2 Å². The second kappa shape index (κ2) is 5.20. The summed E-state index contributed by atoms with van der Waals surface area (Å²) >= 11 is 5.90. The minimum atomic E-state index is -3.71. The van der Waals surface area contributed by atoms with Gasteiger partial charge in [-0.15, -0.1) is 0 Å². The van der Waals surface area contributed by atoms with Gasteiger partial charge in [-0.1, -0.05) is 23.7 Å². The van der Waals surface area contributed by atoms with Crippen LogP contribution in [0.1, 0.15) is 12.8 Å². The summed E-state index contributed by atoms with van der Waals surface area (Å²) in [6.07, 6.45) is 1.94. The molecule has 96 valence electrons. The van der Waals surface area contributed by atoms with Gasteiger partial charge in [-0.3, -0.25) is 0 Å². The van der Waals surface area contributed by atoms with E-state index in [2.05, 4.69) is 4.99 Å². The average molecular weight is 287 g/mol. The molecule has 2 rings (SSSR count). The maximum Gasteiger partial charge on any atom is 0.246 e. The van der Waals surface area contributed by atoms with Crippen LogP contribution in [0.3, 0.4) is 0 Å². The van der Waals surface area contributed by atoms with Crippen molar-refractivity contribution in [2.75, 3.05) is 6.54 Å². The maximum absolute atomic E-state index is 12.4. The number of sulfonamides is 1. The number of benzene rings is 1. The van der Waals surface area contributed by atoms with Gasteiger partial charge in [-0.25, -0.2) is 13.2 Å². The third kappa shape index (κ3) is 2.33. The summed E-state index contributed by atoms with van der Waals surface area (Å²) in [5.74, 6) is 0. The highest BCUT2D eigenvalue weighted by Crippen LogP contribution is 2.30. The number of hydrogen-bond donors (Lipinski definition) is 0. The van der Waals surface area contributed by atoms with Crippen LogP contribution in [0.2, 0.25) is 5.02 Å². The second-order valence-electron chi connectivity index (χ2n) is 3.89. The topological polar surface area (TPSA) is 66.8 Å². The minimum Gasteiger partial charge on any atom is -0.211 e. The normalized spacial score (nSPS) is 20.6. The van der Waals surface area contributed by atoms with E-state index in [1.807, 2.05) is 0 Å². The molecule has 7 heteroatoms. The maximum atomic E-state index is 12.4. The largest absolute Gasteiger partial charge is 0.246 e. The third-order valence-electron chi connectivity index (χ3n) is 2.80. The van der Waals surface area contributed by atoms with Crippen molar-refractivity contribution >= 4 is 27.7 Å². The zero-order chi connectivity index (χ0) is 13.2. The van der Waals surface area contributed by atoms with E-state index < -0.39 is 16.2 Å². The lowest BCUT2D eigenvalue weighted by molar-refractivity contribution is 0.396. The summed E-state index contributed by atoms with van der Waals surface area (Å²) in [5, 5.41) is 0.165. The predicted molar refractivity (Wildman–Crippen MR) is 66.5 cm³/mol. The molecule has 1 aliphatic rings. The van der Waals surface area contributed by atoms with E-state index in [1.165, 1.54) is 22.5 Å². The molecule has 1 aliphatic heterocycles. The van der Waals surface area contributed by atoms with Crippen molar-refractivity contribution in [3.05, 3.63) is 29.3 Å². The highest BCUT2D eigenvalue weighted by Gasteiger charge is 2.36. The van der Waals surface area contributed by atoms with Crippen LogP contribution < -0.4 is 0 Å². The lowest BCUT2D eigenvalue weighted by atomic mass is 10.3. The highest BCUT2D eigenvalue weighted by molar-refractivity contribution is 7.89. The fraction of sp³-hybridized carbons (Fsp3) is 0.364. The van der Waals surface area contributed by atoms with Gasteiger partial charge in [-0.05, 0) is 25.0 Å². The summed E-state index contributed by atoms with van der Waals surface area (Å²) in [7, 11) is -3.71. The molecule has 0 radical (unpaired) electrons. The lowest BCUT2D eigenvalue weighted by Gasteiger charge is -2.20. The molecule has 5 nitrogen and oxygen atoms in total. The first kappa shape index (κ1) is 13.2. The van der Waals surface area contributed by atoms with Gasteiger partial charge in [0.2, 0.25) is 16.1 Å². The van der Waals surface area contributed by atoms with E-state index in [0.717, 1.165) is 0 Å². The first-order valence-electron chi connectivity index (χ1n) is 5.40. The Morgan fingerprint density at radius 2 is 2.11 bits per heavy atom. The van der Waals surface area contributed by atoms with Gasteiger partial charge < -0.3 is 0 Å². The van der Waals surface area contributed by atoms with Crippen LogP contribution in [-0.4, -0.2) is 31.5 Å². The van der Waals surface area contributed by atoms with Crippen LogP contribution in [0.4, 0.5) is 0 Å². The number of aliphatic imine (C=N–C) groups is 1. The SMILES string of the molecule is O=C=NC1CCCN1S(=O)(=O)c1ccccc1Cl. The molecule has 1 atom stereocenters.